The lowest BCUT2D eigenvalue weighted by Gasteiger charge is -2.04. The third-order valence-electron chi connectivity index (χ3n) is 1.94. The summed E-state index contributed by atoms with van der Waals surface area (Å²) >= 11 is 5.08. The maximum absolute atomic E-state index is 5.42. The highest BCUT2D eigenvalue weighted by atomic mass is 79.9. The van der Waals surface area contributed by atoms with Gasteiger partial charge in [-0.15, -0.1) is 11.3 Å². The molecule has 0 aliphatic carbocycles. The Balaban J connectivity index is 2.22. The number of nitrogens with one attached hydrogen (secondary N) is 1. The van der Waals surface area contributed by atoms with Crippen molar-refractivity contribution in [2.45, 2.75) is 0 Å². The van der Waals surface area contributed by atoms with Crippen LogP contribution < -0.4 is 11.1 Å². The SMILES string of the molecule is NCCNc1cc(-c2ccc(Br)s2)ncn1. The highest BCUT2D eigenvalue weighted by molar-refractivity contribution is 9.11. The zero-order chi connectivity index (χ0) is 11.4. The molecule has 16 heavy (non-hydrogen) atoms. The van der Waals surface area contributed by atoms with Gasteiger partial charge < -0.3 is 11.1 Å². The number of aromatic nitrogens is 2. The van der Waals surface area contributed by atoms with Crippen molar-refractivity contribution in [3.05, 3.63) is 28.3 Å². The Morgan fingerprint density at radius 1 is 1.38 bits per heavy atom. The zero-order valence-corrected chi connectivity index (χ0v) is 10.9. The topological polar surface area (TPSA) is 63.8 Å². The van der Waals surface area contributed by atoms with Gasteiger partial charge in [0, 0.05) is 19.2 Å². The fourth-order valence-corrected chi connectivity index (χ4v) is 2.59. The number of nitrogens with two attached hydrogens (primary N) is 1. The van der Waals surface area contributed by atoms with E-state index in [1.807, 2.05) is 18.2 Å². The van der Waals surface area contributed by atoms with Crippen LogP contribution in [0.2, 0.25) is 0 Å². The van der Waals surface area contributed by atoms with Gasteiger partial charge in [0.25, 0.3) is 0 Å². The Morgan fingerprint density at radius 3 is 2.94 bits per heavy atom. The van der Waals surface area contributed by atoms with Crippen molar-refractivity contribution in [2.24, 2.45) is 5.73 Å². The number of thiophene rings is 1. The first-order valence-electron chi connectivity index (χ1n) is 4.81. The summed E-state index contributed by atoms with van der Waals surface area (Å²) in [5, 5.41) is 3.13. The molecular formula is C10H11BrN4S. The summed E-state index contributed by atoms with van der Waals surface area (Å²) in [6, 6.07) is 5.97. The van der Waals surface area contributed by atoms with Gasteiger partial charge >= 0.3 is 0 Å². The van der Waals surface area contributed by atoms with Gasteiger partial charge in [-0.05, 0) is 28.1 Å². The molecular weight excluding hydrogens is 288 g/mol. The van der Waals surface area contributed by atoms with Gasteiger partial charge in [-0.3, -0.25) is 0 Å². The molecule has 2 rings (SSSR count). The summed E-state index contributed by atoms with van der Waals surface area (Å²) in [4.78, 5) is 9.48. The molecule has 0 unspecified atom stereocenters. The Labute approximate surface area is 106 Å². The molecule has 84 valence electrons. The first-order chi connectivity index (χ1) is 7.79. The lowest BCUT2D eigenvalue weighted by atomic mass is 10.3. The zero-order valence-electron chi connectivity index (χ0n) is 8.48. The number of anilines is 1. The van der Waals surface area contributed by atoms with Crippen LogP contribution in [0.3, 0.4) is 0 Å². The average Bonchev–Trinajstić information content (AvgIpc) is 2.74. The molecule has 0 bridgehead atoms. The summed E-state index contributed by atoms with van der Waals surface area (Å²) < 4.78 is 1.09. The fraction of sp³-hybridized carbons (Fsp3) is 0.200. The van der Waals surface area contributed by atoms with E-state index in [1.165, 1.54) is 0 Å². The van der Waals surface area contributed by atoms with Crippen LogP contribution in [0.25, 0.3) is 10.6 Å². The normalized spacial score (nSPS) is 10.4. The molecule has 0 atom stereocenters. The van der Waals surface area contributed by atoms with E-state index in [-0.39, 0.29) is 0 Å². The Hall–Kier alpha value is -0.980. The number of hydrogen-bond donors (Lipinski definition) is 2. The molecule has 0 amide bonds. The molecule has 6 heteroatoms. The molecule has 0 aliphatic rings. The van der Waals surface area contributed by atoms with Gasteiger partial charge in [0.2, 0.25) is 0 Å². The van der Waals surface area contributed by atoms with Crippen LogP contribution in [0.5, 0.6) is 0 Å². The standard InChI is InChI=1S/C10H11BrN4S/c11-9-2-1-8(16-9)7-5-10(13-4-3-12)15-6-14-7/h1-2,5-6H,3-4,12H2,(H,13,14,15). The van der Waals surface area contributed by atoms with Crippen molar-refractivity contribution in [3.8, 4) is 10.6 Å². The largest absolute Gasteiger partial charge is 0.369 e. The van der Waals surface area contributed by atoms with E-state index in [0.29, 0.717) is 13.1 Å². The van der Waals surface area contributed by atoms with E-state index < -0.39 is 0 Å². The Kier molecular flexibility index (Phi) is 3.87. The molecule has 0 spiro atoms. The van der Waals surface area contributed by atoms with E-state index in [9.17, 15) is 0 Å². The second-order valence-electron chi connectivity index (χ2n) is 3.11. The van der Waals surface area contributed by atoms with Crippen molar-refractivity contribution >= 4 is 33.1 Å². The monoisotopic (exact) mass is 298 g/mol. The first kappa shape index (κ1) is 11.5. The van der Waals surface area contributed by atoms with E-state index in [2.05, 4.69) is 31.2 Å². The van der Waals surface area contributed by atoms with Crippen LogP contribution in [0, 0.1) is 0 Å². The smallest absolute Gasteiger partial charge is 0.130 e. The number of nitrogens with zero attached hydrogens (tertiary/aromatic N) is 2. The molecule has 4 nitrogen and oxygen atoms in total. The summed E-state index contributed by atoms with van der Waals surface area (Å²) in [6.45, 7) is 1.30. The molecule has 0 saturated heterocycles. The molecule has 0 aliphatic heterocycles. The minimum Gasteiger partial charge on any atom is -0.369 e. The van der Waals surface area contributed by atoms with Crippen molar-refractivity contribution in [2.75, 3.05) is 18.4 Å². The molecule has 0 radical (unpaired) electrons. The van der Waals surface area contributed by atoms with Crippen LogP contribution >= 0.6 is 27.3 Å². The third-order valence-corrected chi connectivity index (χ3v) is 3.59. The van der Waals surface area contributed by atoms with Crippen molar-refractivity contribution < 1.29 is 0 Å². The first-order valence-corrected chi connectivity index (χ1v) is 6.42. The van der Waals surface area contributed by atoms with Crippen LogP contribution in [0.4, 0.5) is 5.82 Å². The van der Waals surface area contributed by atoms with Crippen LogP contribution in [-0.2, 0) is 0 Å². The predicted octanol–water partition coefficient (Wildman–Crippen LogP) is 2.34. The van der Waals surface area contributed by atoms with Crippen LogP contribution in [0.1, 0.15) is 0 Å². The lowest BCUT2D eigenvalue weighted by Crippen LogP contribution is -2.13. The average molecular weight is 299 g/mol. The highest BCUT2D eigenvalue weighted by Crippen LogP contribution is 2.30. The van der Waals surface area contributed by atoms with E-state index in [0.717, 1.165) is 20.2 Å². The van der Waals surface area contributed by atoms with Crippen molar-refractivity contribution in [3.63, 3.8) is 0 Å². The van der Waals surface area contributed by atoms with Gasteiger partial charge in [-0.2, -0.15) is 0 Å². The van der Waals surface area contributed by atoms with E-state index in [4.69, 9.17) is 5.73 Å². The maximum atomic E-state index is 5.42. The summed E-state index contributed by atoms with van der Waals surface area (Å²) in [5.74, 6) is 0.806. The second-order valence-corrected chi connectivity index (χ2v) is 5.57. The van der Waals surface area contributed by atoms with Gasteiger partial charge in [-0.1, -0.05) is 0 Å². The Bertz CT molecular complexity index is 471. The van der Waals surface area contributed by atoms with Gasteiger partial charge in [0.1, 0.15) is 12.1 Å². The van der Waals surface area contributed by atoms with Crippen LogP contribution in [-0.4, -0.2) is 23.1 Å². The number of hydrogen-bond acceptors (Lipinski definition) is 5. The molecule has 2 aromatic rings. The molecule has 2 heterocycles. The lowest BCUT2D eigenvalue weighted by molar-refractivity contribution is 1.01. The fourth-order valence-electron chi connectivity index (χ4n) is 1.24. The van der Waals surface area contributed by atoms with Crippen molar-refractivity contribution in [1.82, 2.24) is 9.97 Å². The quantitative estimate of drug-likeness (QED) is 0.909. The van der Waals surface area contributed by atoms with Gasteiger partial charge in [-0.25, -0.2) is 9.97 Å². The minimum absolute atomic E-state index is 0.587. The second kappa shape index (κ2) is 5.38. The number of rotatable bonds is 4. The molecule has 3 N–H and O–H groups in total. The molecule has 2 aromatic heterocycles. The van der Waals surface area contributed by atoms with Gasteiger partial charge in [0.05, 0.1) is 14.4 Å². The predicted molar refractivity (Wildman–Crippen MR) is 70.6 cm³/mol. The third kappa shape index (κ3) is 2.78. The van der Waals surface area contributed by atoms with Crippen LogP contribution in [0.15, 0.2) is 28.3 Å². The summed E-state index contributed by atoms with van der Waals surface area (Å²) in [5.41, 5.74) is 6.34. The van der Waals surface area contributed by atoms with E-state index >= 15 is 0 Å². The minimum atomic E-state index is 0.587. The molecule has 0 saturated carbocycles. The van der Waals surface area contributed by atoms with Gasteiger partial charge in [0.15, 0.2) is 0 Å². The van der Waals surface area contributed by atoms with E-state index in [1.54, 1.807) is 17.7 Å². The highest BCUT2D eigenvalue weighted by Gasteiger charge is 2.04. The molecule has 0 fully saturated rings. The van der Waals surface area contributed by atoms with Crippen molar-refractivity contribution in [1.29, 1.82) is 0 Å². The molecule has 0 aromatic carbocycles. The maximum Gasteiger partial charge on any atom is 0.130 e. The Morgan fingerprint density at radius 2 is 2.25 bits per heavy atom. The summed E-state index contributed by atoms with van der Waals surface area (Å²) in [6.07, 6.45) is 1.56. The number of halogens is 1. The summed E-state index contributed by atoms with van der Waals surface area (Å²) in [7, 11) is 0.